The minimum Gasteiger partial charge on any atom is -0.469 e. The van der Waals surface area contributed by atoms with Crippen LogP contribution in [0.1, 0.15) is 65.8 Å². The Hall–Kier alpha value is -3.16. The van der Waals surface area contributed by atoms with Crippen LogP contribution >= 0.6 is 0 Å². The van der Waals surface area contributed by atoms with Gasteiger partial charge in [0.1, 0.15) is 0 Å². The maximum Gasteiger partial charge on any atom is 0.305 e. The zero-order valence-electron chi connectivity index (χ0n) is 19.4. The first-order chi connectivity index (χ1) is 15.4. The Morgan fingerprint density at radius 1 is 0.906 bits per heavy atom. The van der Waals surface area contributed by atoms with Crippen molar-refractivity contribution in [3.05, 3.63) is 46.8 Å². The highest BCUT2D eigenvalue weighted by Gasteiger charge is 2.15. The van der Waals surface area contributed by atoms with Crippen LogP contribution < -0.4 is 5.32 Å². The first-order valence-electron chi connectivity index (χ1n) is 10.9. The second-order valence-electron chi connectivity index (χ2n) is 7.68. The highest BCUT2D eigenvalue weighted by atomic mass is 16.5. The van der Waals surface area contributed by atoms with Crippen molar-refractivity contribution in [1.82, 2.24) is 15.1 Å². The zero-order chi connectivity index (χ0) is 23.5. The van der Waals surface area contributed by atoms with Gasteiger partial charge in [-0.3, -0.25) is 14.4 Å². The molecule has 1 amide bonds. The van der Waals surface area contributed by atoms with Crippen LogP contribution in [0.2, 0.25) is 0 Å². The van der Waals surface area contributed by atoms with Crippen molar-refractivity contribution in [3.8, 4) is 5.69 Å². The number of carbonyl (C=O) groups excluding carboxylic acids is 3. The number of rotatable bonds is 12. The molecule has 174 valence electrons. The number of nitrogens with zero attached hydrogens (tertiary/aromatic N) is 2. The summed E-state index contributed by atoms with van der Waals surface area (Å²) in [5, 5.41) is 7.52. The van der Waals surface area contributed by atoms with Gasteiger partial charge in [0, 0.05) is 30.6 Å². The largest absolute Gasteiger partial charge is 0.469 e. The van der Waals surface area contributed by atoms with Crippen molar-refractivity contribution in [3.63, 3.8) is 0 Å². The van der Waals surface area contributed by atoms with Crippen molar-refractivity contribution < 1.29 is 23.9 Å². The van der Waals surface area contributed by atoms with Gasteiger partial charge in [0.25, 0.3) is 5.91 Å². The predicted octanol–water partition coefficient (Wildman–Crippen LogP) is 3.45. The van der Waals surface area contributed by atoms with E-state index in [1.807, 2.05) is 30.7 Å². The zero-order valence-corrected chi connectivity index (χ0v) is 19.4. The number of ether oxygens (including phenoxy) is 2. The number of hydrogen-bond acceptors (Lipinski definition) is 6. The van der Waals surface area contributed by atoms with Crippen LogP contribution in [0.15, 0.2) is 24.3 Å². The molecule has 8 nitrogen and oxygen atoms in total. The summed E-state index contributed by atoms with van der Waals surface area (Å²) < 4.78 is 11.2. The van der Waals surface area contributed by atoms with Crippen LogP contribution in [0.3, 0.4) is 0 Å². The summed E-state index contributed by atoms with van der Waals surface area (Å²) >= 11 is 0. The van der Waals surface area contributed by atoms with Crippen molar-refractivity contribution >= 4 is 17.8 Å². The van der Waals surface area contributed by atoms with Gasteiger partial charge in [-0.05, 0) is 62.9 Å². The minimum absolute atomic E-state index is 0.113. The fourth-order valence-corrected chi connectivity index (χ4v) is 3.53. The first-order valence-corrected chi connectivity index (χ1v) is 10.9. The molecular formula is C24H33N3O5. The summed E-state index contributed by atoms with van der Waals surface area (Å²) in [7, 11) is 2.78. The predicted molar refractivity (Wildman–Crippen MR) is 121 cm³/mol. The number of nitrogens with one attached hydrogen (secondary N) is 1. The maximum atomic E-state index is 12.4. The van der Waals surface area contributed by atoms with E-state index >= 15 is 0 Å². The Kier molecular flexibility index (Phi) is 9.91. The molecule has 0 unspecified atom stereocenters. The van der Waals surface area contributed by atoms with Crippen LogP contribution in [0, 0.1) is 13.8 Å². The van der Waals surface area contributed by atoms with Crippen molar-refractivity contribution in [2.45, 2.75) is 58.8 Å². The van der Waals surface area contributed by atoms with Gasteiger partial charge in [-0.25, -0.2) is 4.68 Å². The summed E-state index contributed by atoms with van der Waals surface area (Å²) in [5.41, 5.74) is 4.32. The third kappa shape index (κ3) is 7.21. The lowest BCUT2D eigenvalue weighted by Gasteiger charge is -2.08. The van der Waals surface area contributed by atoms with Crippen LogP contribution in [-0.2, 0) is 25.5 Å². The number of esters is 2. The van der Waals surface area contributed by atoms with E-state index in [4.69, 9.17) is 4.74 Å². The molecule has 1 N–H and O–H groups in total. The first kappa shape index (κ1) is 25.1. The van der Waals surface area contributed by atoms with E-state index in [9.17, 15) is 14.4 Å². The molecule has 0 radical (unpaired) electrons. The monoisotopic (exact) mass is 443 g/mol. The topological polar surface area (TPSA) is 99.5 Å². The summed E-state index contributed by atoms with van der Waals surface area (Å²) in [6.45, 7) is 4.49. The second-order valence-corrected chi connectivity index (χ2v) is 7.68. The highest BCUT2D eigenvalue weighted by molar-refractivity contribution is 5.94. The molecule has 0 spiro atoms. The lowest BCUT2D eigenvalue weighted by atomic mass is 10.1. The SMILES string of the molecule is COC(=O)CCCCCCNC(=O)c1ccc(-n2nc(C)c(CCC(=O)OC)c2C)cc1. The second kappa shape index (κ2) is 12.6. The van der Waals surface area contributed by atoms with E-state index in [1.165, 1.54) is 14.2 Å². The number of unbranched alkanes of at least 4 members (excludes halogenated alkanes) is 3. The van der Waals surface area contributed by atoms with Gasteiger partial charge in [0.15, 0.2) is 0 Å². The van der Waals surface area contributed by atoms with Gasteiger partial charge in [-0.1, -0.05) is 12.8 Å². The smallest absolute Gasteiger partial charge is 0.305 e. The van der Waals surface area contributed by atoms with E-state index in [0.717, 1.165) is 48.3 Å². The summed E-state index contributed by atoms with van der Waals surface area (Å²) in [4.78, 5) is 34.9. The van der Waals surface area contributed by atoms with Gasteiger partial charge in [-0.2, -0.15) is 5.10 Å². The Bertz CT molecular complexity index is 918. The Morgan fingerprint density at radius 3 is 2.19 bits per heavy atom. The standard InChI is InChI=1S/C24H33N3O5/c1-17-21(14-15-23(29)32-4)18(2)27(26-17)20-12-10-19(11-13-20)24(30)25-16-8-6-5-7-9-22(28)31-3/h10-13H,5-9,14-16H2,1-4H3,(H,25,30). The van der Waals surface area contributed by atoms with Gasteiger partial charge >= 0.3 is 11.9 Å². The van der Waals surface area contributed by atoms with E-state index < -0.39 is 0 Å². The maximum absolute atomic E-state index is 12.4. The van der Waals surface area contributed by atoms with Crippen molar-refractivity contribution in [1.29, 1.82) is 0 Å². The van der Waals surface area contributed by atoms with E-state index in [-0.39, 0.29) is 17.8 Å². The number of aryl methyl sites for hydroxylation is 1. The highest BCUT2D eigenvalue weighted by Crippen LogP contribution is 2.20. The van der Waals surface area contributed by atoms with E-state index in [1.54, 1.807) is 12.1 Å². The average Bonchev–Trinajstić information content (AvgIpc) is 3.09. The third-order valence-electron chi connectivity index (χ3n) is 5.44. The molecule has 0 saturated carbocycles. The van der Waals surface area contributed by atoms with Crippen molar-refractivity contribution in [2.24, 2.45) is 0 Å². The molecule has 0 aliphatic heterocycles. The van der Waals surface area contributed by atoms with Crippen LogP contribution in [0.25, 0.3) is 5.69 Å². The van der Waals surface area contributed by atoms with Gasteiger partial charge in [0.2, 0.25) is 0 Å². The molecular weight excluding hydrogens is 410 g/mol. The van der Waals surface area contributed by atoms with Crippen LogP contribution in [0.4, 0.5) is 0 Å². The molecule has 1 aromatic carbocycles. The molecule has 8 heteroatoms. The molecule has 0 aliphatic carbocycles. The third-order valence-corrected chi connectivity index (χ3v) is 5.44. The molecule has 32 heavy (non-hydrogen) atoms. The fraction of sp³-hybridized carbons (Fsp3) is 0.500. The lowest BCUT2D eigenvalue weighted by Crippen LogP contribution is -2.24. The molecule has 0 saturated heterocycles. The number of aromatic nitrogens is 2. The quantitative estimate of drug-likeness (QED) is 0.398. The lowest BCUT2D eigenvalue weighted by molar-refractivity contribution is -0.141. The summed E-state index contributed by atoms with van der Waals surface area (Å²) in [6, 6.07) is 7.30. The Morgan fingerprint density at radius 2 is 1.53 bits per heavy atom. The molecule has 1 heterocycles. The molecule has 2 rings (SSSR count). The average molecular weight is 444 g/mol. The van der Waals surface area contributed by atoms with Crippen LogP contribution in [0.5, 0.6) is 0 Å². The molecule has 0 fully saturated rings. The Labute approximate surface area is 189 Å². The Balaban J connectivity index is 1.85. The minimum atomic E-state index is -0.242. The molecule has 0 aliphatic rings. The van der Waals surface area contributed by atoms with Gasteiger partial charge in [-0.15, -0.1) is 0 Å². The summed E-state index contributed by atoms with van der Waals surface area (Å²) in [5.74, 6) is -0.536. The molecule has 0 bridgehead atoms. The molecule has 2 aromatic rings. The normalized spacial score (nSPS) is 10.6. The number of amides is 1. The van der Waals surface area contributed by atoms with Gasteiger partial charge in [0.05, 0.1) is 25.6 Å². The molecule has 1 aromatic heterocycles. The number of hydrogen-bond donors (Lipinski definition) is 1. The van der Waals surface area contributed by atoms with E-state index in [2.05, 4.69) is 15.2 Å². The number of methoxy groups -OCH3 is 2. The van der Waals surface area contributed by atoms with Crippen molar-refractivity contribution in [2.75, 3.05) is 20.8 Å². The number of benzene rings is 1. The van der Waals surface area contributed by atoms with Crippen LogP contribution in [-0.4, -0.2) is 48.4 Å². The number of carbonyl (C=O) groups is 3. The molecule has 0 atom stereocenters. The van der Waals surface area contributed by atoms with Gasteiger partial charge < -0.3 is 14.8 Å². The summed E-state index contributed by atoms with van der Waals surface area (Å²) in [6.07, 6.45) is 4.89. The van der Waals surface area contributed by atoms with E-state index in [0.29, 0.717) is 31.4 Å². The fourth-order valence-electron chi connectivity index (χ4n) is 3.53.